The zero-order chi connectivity index (χ0) is 6.24. The van der Waals surface area contributed by atoms with E-state index in [0.717, 1.165) is 12.8 Å². The van der Waals surface area contributed by atoms with Gasteiger partial charge >= 0.3 is 0 Å². The number of aliphatic hydroxyl groups is 1. The van der Waals surface area contributed by atoms with Crippen LogP contribution in [0.15, 0.2) is 12.2 Å². The van der Waals surface area contributed by atoms with Gasteiger partial charge in [-0.1, -0.05) is 12.2 Å². The quantitative estimate of drug-likeness (QED) is 0.352. The molecule has 0 heterocycles. The Bertz CT molecular complexity index is 61.5. The summed E-state index contributed by atoms with van der Waals surface area (Å²) in [5.74, 6) is 0.575. The predicted octanol–water partition coefficient (Wildman–Crippen LogP) is 1.55. The van der Waals surface area contributed by atoms with Crippen molar-refractivity contribution in [2.24, 2.45) is 0 Å². The molecule has 1 nitrogen and oxygen atoms in total. The highest BCUT2D eigenvalue weighted by molar-refractivity contribution is 6.18. The van der Waals surface area contributed by atoms with Crippen molar-refractivity contribution in [1.82, 2.24) is 0 Å². The topological polar surface area (TPSA) is 20.2 Å². The third kappa shape index (κ3) is 5.99. The lowest BCUT2D eigenvalue weighted by molar-refractivity contribution is 0.289. The minimum absolute atomic E-state index is 0.270. The number of unbranched alkanes of at least 4 members (excludes halogenated alkanes) is 1. The average Bonchev–Trinajstić information content (AvgIpc) is 1.81. The van der Waals surface area contributed by atoms with E-state index in [9.17, 15) is 0 Å². The summed E-state index contributed by atoms with van der Waals surface area (Å²) in [6, 6.07) is 0. The van der Waals surface area contributed by atoms with Crippen molar-refractivity contribution in [1.29, 1.82) is 0 Å². The van der Waals surface area contributed by atoms with Crippen LogP contribution in [0.2, 0.25) is 0 Å². The van der Waals surface area contributed by atoms with Crippen LogP contribution < -0.4 is 0 Å². The first-order valence-corrected chi connectivity index (χ1v) is 3.27. The minimum Gasteiger partial charge on any atom is -0.396 e. The summed E-state index contributed by atoms with van der Waals surface area (Å²) in [7, 11) is 0. The molecule has 0 saturated carbocycles. The molecule has 0 aliphatic carbocycles. The first-order valence-electron chi connectivity index (χ1n) is 2.73. The molecular weight excluding hydrogens is 124 g/mol. The van der Waals surface area contributed by atoms with Crippen LogP contribution in [0, 0.1) is 0 Å². The Morgan fingerprint density at radius 1 is 1.38 bits per heavy atom. The van der Waals surface area contributed by atoms with Gasteiger partial charge in [-0.3, -0.25) is 0 Å². The van der Waals surface area contributed by atoms with Gasteiger partial charge < -0.3 is 5.11 Å². The summed E-state index contributed by atoms with van der Waals surface area (Å²) in [5.41, 5.74) is 0. The van der Waals surface area contributed by atoms with Crippen molar-refractivity contribution in [2.45, 2.75) is 12.8 Å². The Morgan fingerprint density at radius 3 is 2.62 bits per heavy atom. The molecule has 0 radical (unpaired) electrons. The normalized spacial score (nSPS) is 10.8. The maximum atomic E-state index is 8.30. The van der Waals surface area contributed by atoms with Crippen molar-refractivity contribution in [3.8, 4) is 0 Å². The molecule has 0 rings (SSSR count). The average molecular weight is 135 g/mol. The summed E-state index contributed by atoms with van der Waals surface area (Å²) in [4.78, 5) is 0. The number of hydrogen-bond donors (Lipinski definition) is 1. The lowest BCUT2D eigenvalue weighted by Crippen LogP contribution is -1.77. The molecule has 0 aliphatic heterocycles. The SMILES string of the molecule is OCCC/C=C/CCl. The van der Waals surface area contributed by atoms with Crippen LogP contribution in [-0.4, -0.2) is 17.6 Å². The van der Waals surface area contributed by atoms with Crippen LogP contribution in [0.3, 0.4) is 0 Å². The molecule has 0 aromatic carbocycles. The molecule has 2 heteroatoms. The van der Waals surface area contributed by atoms with Crippen LogP contribution in [-0.2, 0) is 0 Å². The predicted molar refractivity (Wildman–Crippen MR) is 36.2 cm³/mol. The monoisotopic (exact) mass is 134 g/mol. The molecule has 0 saturated heterocycles. The molecule has 48 valence electrons. The Morgan fingerprint density at radius 2 is 2.12 bits per heavy atom. The molecule has 0 bridgehead atoms. The van der Waals surface area contributed by atoms with Gasteiger partial charge in [-0.15, -0.1) is 11.6 Å². The highest BCUT2D eigenvalue weighted by atomic mass is 35.5. The fraction of sp³-hybridized carbons (Fsp3) is 0.667. The molecule has 0 unspecified atom stereocenters. The van der Waals surface area contributed by atoms with Crippen molar-refractivity contribution < 1.29 is 5.11 Å². The van der Waals surface area contributed by atoms with Gasteiger partial charge in [-0.25, -0.2) is 0 Å². The summed E-state index contributed by atoms with van der Waals surface area (Å²) in [5, 5.41) is 8.30. The highest BCUT2D eigenvalue weighted by Gasteiger charge is 1.75. The summed E-state index contributed by atoms with van der Waals surface area (Å²) >= 11 is 5.33. The number of aliphatic hydroxyl groups excluding tert-OH is 1. The molecule has 1 N–H and O–H groups in total. The third-order valence-corrected chi connectivity index (χ3v) is 0.963. The molecular formula is C6H11ClO. The molecule has 0 atom stereocenters. The molecule has 0 aromatic rings. The molecule has 0 aliphatic rings. The second kappa shape index (κ2) is 6.99. The molecule has 8 heavy (non-hydrogen) atoms. The van der Waals surface area contributed by atoms with E-state index in [1.165, 1.54) is 0 Å². The first-order chi connectivity index (χ1) is 3.91. The van der Waals surface area contributed by atoms with E-state index in [2.05, 4.69) is 0 Å². The fourth-order valence-electron chi connectivity index (χ4n) is 0.390. The highest BCUT2D eigenvalue weighted by Crippen LogP contribution is 1.89. The van der Waals surface area contributed by atoms with Gasteiger partial charge in [0, 0.05) is 12.5 Å². The van der Waals surface area contributed by atoms with E-state index >= 15 is 0 Å². The van der Waals surface area contributed by atoms with Gasteiger partial charge in [-0.2, -0.15) is 0 Å². The van der Waals surface area contributed by atoms with Crippen LogP contribution in [0.25, 0.3) is 0 Å². The van der Waals surface area contributed by atoms with Crippen LogP contribution >= 0.6 is 11.6 Å². The lowest BCUT2D eigenvalue weighted by atomic mass is 10.3. The second-order valence-electron chi connectivity index (χ2n) is 1.49. The maximum absolute atomic E-state index is 8.30. The molecule has 0 aromatic heterocycles. The van der Waals surface area contributed by atoms with E-state index < -0.39 is 0 Å². The van der Waals surface area contributed by atoms with Crippen LogP contribution in [0.5, 0.6) is 0 Å². The standard InChI is InChI=1S/C6H11ClO/c7-5-3-1-2-4-6-8/h1,3,8H,2,4-6H2/b3-1+. The number of halogens is 1. The van der Waals surface area contributed by atoms with Gasteiger partial charge in [0.05, 0.1) is 0 Å². The van der Waals surface area contributed by atoms with Crippen molar-refractivity contribution in [2.75, 3.05) is 12.5 Å². The van der Waals surface area contributed by atoms with Gasteiger partial charge in [0.2, 0.25) is 0 Å². The smallest absolute Gasteiger partial charge is 0.0433 e. The van der Waals surface area contributed by atoms with Gasteiger partial charge in [0.15, 0.2) is 0 Å². The summed E-state index contributed by atoms with van der Waals surface area (Å²) in [6.45, 7) is 0.270. The van der Waals surface area contributed by atoms with Crippen molar-refractivity contribution in [3.05, 3.63) is 12.2 Å². The number of alkyl halides is 1. The Hall–Kier alpha value is -0.0100. The minimum atomic E-state index is 0.270. The van der Waals surface area contributed by atoms with Gasteiger partial charge in [0.1, 0.15) is 0 Å². The maximum Gasteiger partial charge on any atom is 0.0433 e. The zero-order valence-electron chi connectivity index (χ0n) is 4.81. The summed E-state index contributed by atoms with van der Waals surface area (Å²) in [6.07, 6.45) is 5.64. The Labute approximate surface area is 55.0 Å². The van der Waals surface area contributed by atoms with E-state index in [0.29, 0.717) is 5.88 Å². The van der Waals surface area contributed by atoms with E-state index in [1.807, 2.05) is 12.2 Å². The number of allylic oxidation sites excluding steroid dienone is 2. The van der Waals surface area contributed by atoms with Crippen molar-refractivity contribution in [3.63, 3.8) is 0 Å². The Balaban J connectivity index is 2.80. The van der Waals surface area contributed by atoms with Crippen LogP contribution in [0.4, 0.5) is 0 Å². The van der Waals surface area contributed by atoms with Gasteiger partial charge in [0.25, 0.3) is 0 Å². The Kier molecular flexibility index (Phi) is 6.98. The van der Waals surface area contributed by atoms with E-state index in [-0.39, 0.29) is 6.61 Å². The summed E-state index contributed by atoms with van der Waals surface area (Å²) < 4.78 is 0. The second-order valence-corrected chi connectivity index (χ2v) is 1.80. The van der Waals surface area contributed by atoms with E-state index in [1.54, 1.807) is 0 Å². The number of rotatable bonds is 4. The third-order valence-electron chi connectivity index (χ3n) is 0.785. The number of hydrogen-bond acceptors (Lipinski definition) is 1. The lowest BCUT2D eigenvalue weighted by Gasteiger charge is -1.84. The molecule has 0 amide bonds. The van der Waals surface area contributed by atoms with Crippen LogP contribution in [0.1, 0.15) is 12.8 Å². The van der Waals surface area contributed by atoms with Gasteiger partial charge in [-0.05, 0) is 12.8 Å². The van der Waals surface area contributed by atoms with Crippen molar-refractivity contribution >= 4 is 11.6 Å². The molecule has 0 spiro atoms. The first kappa shape index (κ1) is 7.99. The largest absolute Gasteiger partial charge is 0.396 e. The zero-order valence-corrected chi connectivity index (χ0v) is 5.56. The fourth-order valence-corrected chi connectivity index (χ4v) is 0.516. The molecule has 0 fully saturated rings. The van der Waals surface area contributed by atoms with E-state index in [4.69, 9.17) is 16.7 Å².